The first-order valence-corrected chi connectivity index (χ1v) is 5.98. The highest BCUT2D eigenvalue weighted by atomic mass is 16.4. The third-order valence-electron chi connectivity index (χ3n) is 2.96. The monoisotopic (exact) mass is 244 g/mol. The number of rotatable bonds is 6. The van der Waals surface area contributed by atoms with Crippen molar-refractivity contribution in [3.63, 3.8) is 0 Å². The van der Waals surface area contributed by atoms with Crippen LogP contribution in [-0.4, -0.2) is 47.8 Å². The average molecular weight is 244 g/mol. The molecule has 17 heavy (non-hydrogen) atoms. The Balaban J connectivity index is 2.10. The minimum absolute atomic E-state index is 0.0489. The molecule has 1 saturated heterocycles. The zero-order valence-corrected chi connectivity index (χ0v) is 9.82. The molecule has 1 heterocycles. The van der Waals surface area contributed by atoms with Gasteiger partial charge in [0.05, 0.1) is 0 Å². The van der Waals surface area contributed by atoms with Crippen LogP contribution < -0.4 is 10.6 Å². The number of aliphatic hydroxyl groups is 1. The van der Waals surface area contributed by atoms with Gasteiger partial charge in [0, 0.05) is 19.4 Å². The third-order valence-corrected chi connectivity index (χ3v) is 2.96. The van der Waals surface area contributed by atoms with E-state index >= 15 is 0 Å². The fraction of sp³-hybridized carbons (Fsp3) is 0.818. The summed E-state index contributed by atoms with van der Waals surface area (Å²) in [7, 11) is 0. The van der Waals surface area contributed by atoms with E-state index in [9.17, 15) is 9.59 Å². The topological polar surface area (TPSA) is 98.7 Å². The van der Waals surface area contributed by atoms with Gasteiger partial charge in [-0.2, -0.15) is 0 Å². The van der Waals surface area contributed by atoms with Gasteiger partial charge in [-0.25, -0.2) is 4.79 Å². The molecule has 1 aliphatic heterocycles. The largest absolute Gasteiger partial charge is 0.479 e. The molecule has 1 aliphatic rings. The predicted molar refractivity (Wildman–Crippen MR) is 61.5 cm³/mol. The fourth-order valence-electron chi connectivity index (χ4n) is 1.89. The van der Waals surface area contributed by atoms with Gasteiger partial charge in [0.15, 0.2) is 6.10 Å². The molecule has 0 unspecified atom stereocenters. The smallest absolute Gasteiger partial charge is 0.332 e. The molecule has 6 heteroatoms. The van der Waals surface area contributed by atoms with Crippen molar-refractivity contribution in [3.05, 3.63) is 0 Å². The van der Waals surface area contributed by atoms with Crippen LogP contribution in [0.2, 0.25) is 0 Å². The van der Waals surface area contributed by atoms with Gasteiger partial charge < -0.3 is 20.8 Å². The maximum absolute atomic E-state index is 11.5. The molecule has 1 amide bonds. The number of amides is 1. The summed E-state index contributed by atoms with van der Waals surface area (Å²) in [5.74, 6) is -0.896. The number of aliphatic carboxylic acids is 1. The number of nitrogens with one attached hydrogen (secondary N) is 2. The summed E-state index contributed by atoms with van der Waals surface area (Å²) >= 11 is 0. The molecule has 0 aromatic rings. The SMILES string of the molecule is O=C(CC1CCNCC1)NCC[C@H](O)C(=O)O. The summed E-state index contributed by atoms with van der Waals surface area (Å²) in [6, 6.07) is 0. The minimum atomic E-state index is -1.39. The number of piperidine rings is 1. The van der Waals surface area contributed by atoms with Gasteiger partial charge in [-0.15, -0.1) is 0 Å². The quantitative estimate of drug-likeness (QED) is 0.496. The number of hydrogen-bond acceptors (Lipinski definition) is 4. The van der Waals surface area contributed by atoms with Crippen LogP contribution in [-0.2, 0) is 9.59 Å². The van der Waals surface area contributed by atoms with Gasteiger partial charge in [0.2, 0.25) is 5.91 Å². The second-order valence-electron chi connectivity index (χ2n) is 4.39. The van der Waals surface area contributed by atoms with Crippen molar-refractivity contribution in [2.75, 3.05) is 19.6 Å². The van der Waals surface area contributed by atoms with Gasteiger partial charge in [-0.05, 0) is 31.8 Å². The lowest BCUT2D eigenvalue weighted by Crippen LogP contribution is -2.34. The Bertz CT molecular complexity index is 264. The molecule has 0 aromatic heterocycles. The Labute approximate surface area is 100 Å². The van der Waals surface area contributed by atoms with E-state index in [1.165, 1.54) is 0 Å². The van der Waals surface area contributed by atoms with Crippen LogP contribution in [0.25, 0.3) is 0 Å². The average Bonchev–Trinajstić information content (AvgIpc) is 2.30. The Morgan fingerprint density at radius 3 is 2.59 bits per heavy atom. The normalized spacial score (nSPS) is 18.6. The molecule has 1 atom stereocenters. The molecule has 0 radical (unpaired) electrons. The zero-order valence-electron chi connectivity index (χ0n) is 9.82. The van der Waals surface area contributed by atoms with Crippen molar-refractivity contribution < 1.29 is 19.8 Å². The Kier molecular flexibility index (Phi) is 5.93. The van der Waals surface area contributed by atoms with Gasteiger partial charge in [-0.1, -0.05) is 0 Å². The van der Waals surface area contributed by atoms with E-state index < -0.39 is 12.1 Å². The van der Waals surface area contributed by atoms with Crippen molar-refractivity contribution in [1.29, 1.82) is 0 Å². The number of hydrogen-bond donors (Lipinski definition) is 4. The fourth-order valence-corrected chi connectivity index (χ4v) is 1.89. The highest BCUT2D eigenvalue weighted by Crippen LogP contribution is 2.15. The molecule has 0 bridgehead atoms. The number of carboxylic acid groups (broad SMARTS) is 1. The summed E-state index contributed by atoms with van der Waals surface area (Å²) in [6.07, 6.45) is 1.16. The van der Waals surface area contributed by atoms with E-state index in [2.05, 4.69) is 10.6 Å². The van der Waals surface area contributed by atoms with E-state index in [0.29, 0.717) is 12.3 Å². The standard InChI is InChI=1S/C11H20N2O4/c14-9(11(16)17)3-6-13-10(15)7-8-1-4-12-5-2-8/h8-9,12,14H,1-7H2,(H,13,15)(H,16,17)/t9-/m0/s1. The van der Waals surface area contributed by atoms with Crippen LogP contribution in [0.5, 0.6) is 0 Å². The maximum Gasteiger partial charge on any atom is 0.332 e. The van der Waals surface area contributed by atoms with Crippen LogP contribution in [0, 0.1) is 5.92 Å². The van der Waals surface area contributed by atoms with Crippen LogP contribution in [0.3, 0.4) is 0 Å². The molecule has 0 aromatic carbocycles. The summed E-state index contributed by atoms with van der Waals surface area (Å²) in [6.45, 7) is 2.11. The summed E-state index contributed by atoms with van der Waals surface area (Å²) in [5, 5.41) is 23.3. The highest BCUT2D eigenvalue weighted by Gasteiger charge is 2.17. The van der Waals surface area contributed by atoms with Crippen molar-refractivity contribution in [1.82, 2.24) is 10.6 Å². The molecule has 0 saturated carbocycles. The lowest BCUT2D eigenvalue weighted by atomic mass is 9.94. The highest BCUT2D eigenvalue weighted by molar-refractivity contribution is 5.76. The molecular formula is C11H20N2O4. The molecule has 6 nitrogen and oxygen atoms in total. The van der Waals surface area contributed by atoms with Gasteiger partial charge in [0.1, 0.15) is 0 Å². The van der Waals surface area contributed by atoms with Crippen molar-refractivity contribution in [2.45, 2.75) is 31.8 Å². The maximum atomic E-state index is 11.5. The second kappa shape index (κ2) is 7.24. The number of carboxylic acids is 1. The first kappa shape index (κ1) is 13.9. The summed E-state index contributed by atoms with van der Waals surface area (Å²) in [4.78, 5) is 21.8. The van der Waals surface area contributed by atoms with Crippen molar-refractivity contribution >= 4 is 11.9 Å². The molecule has 0 aliphatic carbocycles. The molecular weight excluding hydrogens is 224 g/mol. The van der Waals surface area contributed by atoms with Gasteiger partial charge >= 0.3 is 5.97 Å². The van der Waals surface area contributed by atoms with E-state index in [4.69, 9.17) is 10.2 Å². The van der Waals surface area contributed by atoms with E-state index in [1.807, 2.05) is 0 Å². The van der Waals surface area contributed by atoms with E-state index in [-0.39, 0.29) is 18.9 Å². The first-order chi connectivity index (χ1) is 8.09. The van der Waals surface area contributed by atoms with Crippen molar-refractivity contribution in [3.8, 4) is 0 Å². The lowest BCUT2D eigenvalue weighted by Gasteiger charge is -2.21. The minimum Gasteiger partial charge on any atom is -0.479 e. The van der Waals surface area contributed by atoms with Gasteiger partial charge in [0.25, 0.3) is 0 Å². The van der Waals surface area contributed by atoms with Crippen LogP contribution in [0.15, 0.2) is 0 Å². The van der Waals surface area contributed by atoms with Crippen LogP contribution >= 0.6 is 0 Å². The molecule has 1 rings (SSSR count). The molecule has 0 spiro atoms. The molecule has 4 N–H and O–H groups in total. The van der Waals surface area contributed by atoms with Crippen LogP contribution in [0.1, 0.15) is 25.7 Å². The number of carbonyl (C=O) groups is 2. The second-order valence-corrected chi connectivity index (χ2v) is 4.39. The predicted octanol–water partition coefficient (Wildman–Crippen LogP) is -0.672. The molecule has 98 valence electrons. The number of carbonyl (C=O) groups excluding carboxylic acids is 1. The first-order valence-electron chi connectivity index (χ1n) is 5.98. The van der Waals surface area contributed by atoms with E-state index in [1.54, 1.807) is 0 Å². The zero-order chi connectivity index (χ0) is 12.7. The van der Waals surface area contributed by atoms with E-state index in [0.717, 1.165) is 25.9 Å². The third kappa shape index (κ3) is 5.65. The molecule has 1 fully saturated rings. The Morgan fingerprint density at radius 1 is 1.35 bits per heavy atom. The van der Waals surface area contributed by atoms with Crippen LogP contribution in [0.4, 0.5) is 0 Å². The Hall–Kier alpha value is -1.14. The Morgan fingerprint density at radius 2 is 2.00 bits per heavy atom. The van der Waals surface area contributed by atoms with Crippen molar-refractivity contribution in [2.24, 2.45) is 5.92 Å². The number of aliphatic hydroxyl groups excluding tert-OH is 1. The van der Waals surface area contributed by atoms with Gasteiger partial charge in [-0.3, -0.25) is 4.79 Å². The lowest BCUT2D eigenvalue weighted by molar-refractivity contribution is -0.147. The summed E-state index contributed by atoms with van der Waals surface area (Å²) in [5.41, 5.74) is 0. The summed E-state index contributed by atoms with van der Waals surface area (Å²) < 4.78 is 0.